The molecule has 0 amide bonds. The number of phenolic OH excluding ortho intramolecular Hbond substituents is 1. The van der Waals surface area contributed by atoms with Crippen molar-refractivity contribution >= 4 is 5.78 Å². The highest BCUT2D eigenvalue weighted by Gasteiger charge is 2.22. The minimum Gasteiger partial charge on any atom is -0.504 e. The SMILES string of the molecule is COc1ccccc1C(=O)c1ccc(OC)c(OC)c1O. The first-order valence-electron chi connectivity index (χ1n) is 6.25. The molecule has 0 aliphatic carbocycles. The Balaban J connectivity index is 2.54. The summed E-state index contributed by atoms with van der Waals surface area (Å²) in [5.41, 5.74) is 0.486. The second-order valence-electron chi connectivity index (χ2n) is 4.23. The van der Waals surface area contributed by atoms with Gasteiger partial charge in [-0.15, -0.1) is 0 Å². The predicted molar refractivity (Wildman–Crippen MR) is 77.6 cm³/mol. The van der Waals surface area contributed by atoms with E-state index in [9.17, 15) is 9.90 Å². The van der Waals surface area contributed by atoms with Crippen LogP contribution in [-0.4, -0.2) is 32.2 Å². The number of aromatic hydroxyl groups is 1. The van der Waals surface area contributed by atoms with Crippen LogP contribution in [0.1, 0.15) is 15.9 Å². The summed E-state index contributed by atoms with van der Waals surface area (Å²) < 4.78 is 15.3. The maximum absolute atomic E-state index is 12.6. The summed E-state index contributed by atoms with van der Waals surface area (Å²) in [7, 11) is 4.34. The monoisotopic (exact) mass is 288 g/mol. The lowest BCUT2D eigenvalue weighted by Gasteiger charge is -2.13. The van der Waals surface area contributed by atoms with E-state index < -0.39 is 0 Å². The third-order valence-corrected chi connectivity index (χ3v) is 3.12. The Bertz CT molecular complexity index is 664. The van der Waals surface area contributed by atoms with Crippen LogP contribution in [0.15, 0.2) is 36.4 Å². The largest absolute Gasteiger partial charge is 0.504 e. The van der Waals surface area contributed by atoms with E-state index >= 15 is 0 Å². The van der Waals surface area contributed by atoms with E-state index in [1.54, 1.807) is 30.3 Å². The standard InChI is InChI=1S/C16H16O5/c1-19-12-7-5-4-6-10(12)14(17)11-8-9-13(20-2)16(21-3)15(11)18/h4-9,18H,1-3H3. The summed E-state index contributed by atoms with van der Waals surface area (Å²) in [6.45, 7) is 0. The molecule has 0 bridgehead atoms. The number of carbonyl (C=O) groups is 1. The molecule has 110 valence electrons. The van der Waals surface area contributed by atoms with Crippen LogP contribution in [0.4, 0.5) is 0 Å². The Kier molecular flexibility index (Phi) is 4.33. The fourth-order valence-electron chi connectivity index (χ4n) is 2.07. The molecule has 0 aliphatic heterocycles. The Morgan fingerprint density at radius 2 is 1.52 bits per heavy atom. The van der Waals surface area contributed by atoms with Gasteiger partial charge in [-0.2, -0.15) is 0 Å². The van der Waals surface area contributed by atoms with Gasteiger partial charge >= 0.3 is 0 Å². The van der Waals surface area contributed by atoms with E-state index in [2.05, 4.69) is 0 Å². The molecule has 0 atom stereocenters. The van der Waals surface area contributed by atoms with Crippen molar-refractivity contribution in [3.05, 3.63) is 47.5 Å². The molecule has 5 nitrogen and oxygen atoms in total. The second kappa shape index (κ2) is 6.17. The summed E-state index contributed by atoms with van der Waals surface area (Å²) in [6, 6.07) is 9.88. The summed E-state index contributed by atoms with van der Waals surface area (Å²) in [5, 5.41) is 10.2. The minimum absolute atomic E-state index is 0.122. The molecule has 0 fully saturated rings. The number of methoxy groups -OCH3 is 3. The Morgan fingerprint density at radius 3 is 2.14 bits per heavy atom. The summed E-state index contributed by atoms with van der Waals surface area (Å²) in [6.07, 6.45) is 0. The molecular weight excluding hydrogens is 272 g/mol. The number of phenols is 1. The van der Waals surface area contributed by atoms with Gasteiger partial charge in [-0.05, 0) is 24.3 Å². The average Bonchev–Trinajstić information content (AvgIpc) is 2.53. The number of ether oxygens (including phenoxy) is 3. The lowest BCUT2D eigenvalue weighted by molar-refractivity contribution is 0.103. The maximum Gasteiger partial charge on any atom is 0.203 e. The van der Waals surface area contributed by atoms with Gasteiger partial charge in [0.05, 0.1) is 32.5 Å². The first-order valence-corrected chi connectivity index (χ1v) is 6.25. The van der Waals surface area contributed by atoms with Crippen LogP contribution >= 0.6 is 0 Å². The van der Waals surface area contributed by atoms with Gasteiger partial charge in [-0.25, -0.2) is 0 Å². The summed E-state index contributed by atoms with van der Waals surface area (Å²) >= 11 is 0. The van der Waals surface area contributed by atoms with Crippen LogP contribution in [0.3, 0.4) is 0 Å². The Labute approximate surface area is 122 Å². The normalized spacial score (nSPS) is 10.0. The van der Waals surface area contributed by atoms with E-state index in [4.69, 9.17) is 14.2 Å². The van der Waals surface area contributed by atoms with Crippen molar-refractivity contribution in [2.45, 2.75) is 0 Å². The highest BCUT2D eigenvalue weighted by Crippen LogP contribution is 2.40. The molecule has 0 saturated heterocycles. The topological polar surface area (TPSA) is 65.0 Å². The van der Waals surface area contributed by atoms with Crippen molar-refractivity contribution in [1.82, 2.24) is 0 Å². The van der Waals surface area contributed by atoms with Crippen LogP contribution < -0.4 is 14.2 Å². The van der Waals surface area contributed by atoms with Gasteiger partial charge in [0.25, 0.3) is 0 Å². The van der Waals surface area contributed by atoms with Crippen molar-refractivity contribution in [2.75, 3.05) is 21.3 Å². The van der Waals surface area contributed by atoms with Gasteiger partial charge in [-0.1, -0.05) is 12.1 Å². The molecule has 2 rings (SSSR count). The zero-order valence-electron chi connectivity index (χ0n) is 12.0. The molecule has 0 aromatic heterocycles. The molecule has 0 heterocycles. The van der Waals surface area contributed by atoms with Crippen molar-refractivity contribution in [3.63, 3.8) is 0 Å². The van der Waals surface area contributed by atoms with Gasteiger partial charge in [0.2, 0.25) is 11.5 Å². The van der Waals surface area contributed by atoms with Gasteiger partial charge < -0.3 is 19.3 Å². The smallest absolute Gasteiger partial charge is 0.203 e. The molecule has 0 aliphatic rings. The predicted octanol–water partition coefficient (Wildman–Crippen LogP) is 2.65. The zero-order valence-corrected chi connectivity index (χ0v) is 12.0. The Morgan fingerprint density at radius 1 is 0.857 bits per heavy atom. The number of para-hydroxylation sites is 1. The minimum atomic E-state index is -0.356. The molecule has 0 radical (unpaired) electrons. The first-order chi connectivity index (χ1) is 10.1. The van der Waals surface area contributed by atoms with Crippen molar-refractivity contribution in [3.8, 4) is 23.0 Å². The van der Waals surface area contributed by atoms with Crippen LogP contribution in [-0.2, 0) is 0 Å². The van der Waals surface area contributed by atoms with Crippen LogP contribution in [0, 0.1) is 0 Å². The fourth-order valence-corrected chi connectivity index (χ4v) is 2.07. The highest BCUT2D eigenvalue weighted by molar-refractivity contribution is 6.12. The number of hydrogen-bond acceptors (Lipinski definition) is 5. The first kappa shape index (κ1) is 14.7. The van der Waals surface area contributed by atoms with Gasteiger partial charge in [0.1, 0.15) is 5.75 Å². The van der Waals surface area contributed by atoms with Crippen LogP contribution in [0.5, 0.6) is 23.0 Å². The average molecular weight is 288 g/mol. The van der Waals surface area contributed by atoms with E-state index in [1.807, 2.05) is 0 Å². The second-order valence-corrected chi connectivity index (χ2v) is 4.23. The number of benzene rings is 2. The molecule has 2 aromatic carbocycles. The molecule has 1 N–H and O–H groups in total. The van der Waals surface area contributed by atoms with Crippen LogP contribution in [0.25, 0.3) is 0 Å². The lowest BCUT2D eigenvalue weighted by atomic mass is 10.0. The summed E-state index contributed by atoms with van der Waals surface area (Å²) in [5.74, 6) is 0.306. The third kappa shape index (κ3) is 2.63. The van der Waals surface area contributed by atoms with Gasteiger partial charge in [0, 0.05) is 0 Å². The molecule has 2 aromatic rings. The maximum atomic E-state index is 12.6. The van der Waals surface area contributed by atoms with E-state index in [0.717, 1.165) is 0 Å². The summed E-state index contributed by atoms with van der Waals surface area (Å²) in [4.78, 5) is 12.6. The number of hydrogen-bond donors (Lipinski definition) is 1. The van der Waals surface area contributed by atoms with Crippen molar-refractivity contribution in [1.29, 1.82) is 0 Å². The third-order valence-electron chi connectivity index (χ3n) is 3.12. The molecule has 0 unspecified atom stereocenters. The molecule has 0 saturated carbocycles. The highest BCUT2D eigenvalue weighted by atomic mass is 16.5. The number of rotatable bonds is 5. The van der Waals surface area contributed by atoms with Crippen LogP contribution in [0.2, 0.25) is 0 Å². The van der Waals surface area contributed by atoms with Gasteiger partial charge in [0.15, 0.2) is 11.5 Å². The quantitative estimate of drug-likeness (QED) is 0.857. The van der Waals surface area contributed by atoms with E-state index in [-0.39, 0.29) is 22.8 Å². The van der Waals surface area contributed by atoms with E-state index in [0.29, 0.717) is 17.1 Å². The molecular formula is C16H16O5. The molecule has 5 heteroatoms. The van der Waals surface area contributed by atoms with Gasteiger partial charge in [-0.3, -0.25) is 4.79 Å². The molecule has 0 spiro atoms. The number of ketones is 1. The fraction of sp³-hybridized carbons (Fsp3) is 0.188. The zero-order chi connectivity index (χ0) is 15.4. The molecule has 21 heavy (non-hydrogen) atoms. The lowest BCUT2D eigenvalue weighted by Crippen LogP contribution is -2.05. The Hall–Kier alpha value is -2.69. The van der Waals surface area contributed by atoms with Crippen molar-refractivity contribution < 1.29 is 24.1 Å². The van der Waals surface area contributed by atoms with Crippen molar-refractivity contribution in [2.24, 2.45) is 0 Å². The van der Waals surface area contributed by atoms with E-state index in [1.165, 1.54) is 27.4 Å². The number of carbonyl (C=O) groups excluding carboxylic acids is 1.